The molecule has 0 saturated carbocycles. The second kappa shape index (κ2) is 8.30. The monoisotopic (exact) mass is 428 g/mol. The zero-order valence-corrected chi connectivity index (χ0v) is 18.8. The largest absolute Gasteiger partial charge is 0.497 e. The van der Waals surface area contributed by atoms with Crippen LogP contribution in [-0.4, -0.2) is 59.0 Å². The molecule has 4 rings (SSSR count). The molecule has 1 atom stereocenters. The minimum atomic E-state index is -0.0371. The van der Waals surface area contributed by atoms with Gasteiger partial charge >= 0.3 is 0 Å². The zero-order valence-electron chi connectivity index (χ0n) is 18.8. The number of nitrogens with zero attached hydrogens (tertiary/aromatic N) is 1. The summed E-state index contributed by atoms with van der Waals surface area (Å²) in [6.45, 7) is 1.12. The molecule has 0 amide bonds. The van der Waals surface area contributed by atoms with Crippen LogP contribution in [0.5, 0.6) is 28.7 Å². The highest BCUT2D eigenvalue weighted by Crippen LogP contribution is 2.51. The van der Waals surface area contributed by atoms with Crippen LogP contribution >= 0.6 is 0 Å². The number of carbonyl (C=O) groups is 1. The van der Waals surface area contributed by atoms with Gasteiger partial charge in [-0.1, -0.05) is 6.07 Å². The highest BCUT2D eigenvalue weighted by Gasteiger charge is 2.42. The summed E-state index contributed by atoms with van der Waals surface area (Å²) < 4.78 is 28.5. The Hall–Kier alpha value is -2.93. The third-order valence-corrected chi connectivity index (χ3v) is 6.39. The number of hydrogen-bond donors (Lipinski definition) is 0. The lowest BCUT2D eigenvalue weighted by Crippen LogP contribution is -2.48. The lowest BCUT2D eigenvalue weighted by atomic mass is 9.86. The third-order valence-electron chi connectivity index (χ3n) is 6.39. The molecule has 0 aliphatic carbocycles. The van der Waals surface area contributed by atoms with E-state index in [0.717, 1.165) is 29.8 Å². The molecule has 2 aliphatic heterocycles. The van der Waals surface area contributed by atoms with E-state index in [4.69, 9.17) is 23.7 Å². The Balaban J connectivity index is 1.65. The van der Waals surface area contributed by atoms with E-state index in [0.29, 0.717) is 40.3 Å². The number of Topliss-reactive ketones (excluding diaryl/α,β-unsaturated/α-hetero) is 1. The molecule has 31 heavy (non-hydrogen) atoms. The van der Waals surface area contributed by atoms with Gasteiger partial charge in [-0.15, -0.1) is 0 Å². The van der Waals surface area contributed by atoms with Crippen LogP contribution in [0, 0.1) is 0 Å². The molecule has 0 spiro atoms. The number of likely N-dealkylation sites (N-methyl/N-ethyl adjacent to an activating group) is 1. The van der Waals surface area contributed by atoms with Crippen LogP contribution in [-0.2, 0) is 17.6 Å². The van der Waals surface area contributed by atoms with E-state index in [1.54, 1.807) is 21.3 Å². The molecule has 1 unspecified atom stereocenters. The van der Waals surface area contributed by atoms with E-state index >= 15 is 0 Å². The molecule has 0 saturated heterocycles. The predicted octanol–water partition coefficient (Wildman–Crippen LogP) is 3.32. The number of fused-ring (bicyclic) bond motifs is 2. The van der Waals surface area contributed by atoms with Crippen molar-refractivity contribution in [1.29, 1.82) is 0 Å². The maximum absolute atomic E-state index is 13.2. The number of ketones is 1. The second-order valence-corrected chi connectivity index (χ2v) is 8.58. The Morgan fingerprint density at radius 1 is 1.10 bits per heavy atom. The molecule has 0 N–H and O–H groups in total. The van der Waals surface area contributed by atoms with Gasteiger partial charge in [-0.2, -0.15) is 0 Å². The summed E-state index contributed by atoms with van der Waals surface area (Å²) in [6, 6.07) is 7.56. The van der Waals surface area contributed by atoms with Gasteiger partial charge in [-0.3, -0.25) is 4.79 Å². The smallest absolute Gasteiger partial charge is 0.231 e. The molecular formula is C24H30NO6+. The Morgan fingerprint density at radius 2 is 1.90 bits per heavy atom. The fraction of sp³-hybridized carbons (Fsp3) is 0.458. The van der Waals surface area contributed by atoms with Crippen LogP contribution in [0.15, 0.2) is 24.3 Å². The first-order chi connectivity index (χ1) is 14.9. The summed E-state index contributed by atoms with van der Waals surface area (Å²) in [5, 5.41) is 0. The van der Waals surface area contributed by atoms with Gasteiger partial charge in [-0.25, -0.2) is 0 Å². The summed E-state index contributed by atoms with van der Waals surface area (Å²) >= 11 is 0. The van der Waals surface area contributed by atoms with Gasteiger partial charge in [0.25, 0.3) is 0 Å². The van der Waals surface area contributed by atoms with Crippen molar-refractivity contribution >= 4 is 5.78 Å². The van der Waals surface area contributed by atoms with Crippen LogP contribution in [0.1, 0.15) is 29.2 Å². The molecular weight excluding hydrogens is 398 g/mol. The number of quaternary nitrogens is 1. The van der Waals surface area contributed by atoms with Crippen molar-refractivity contribution in [3.05, 3.63) is 41.0 Å². The number of benzene rings is 2. The van der Waals surface area contributed by atoms with Crippen molar-refractivity contribution in [2.75, 3.05) is 48.8 Å². The van der Waals surface area contributed by atoms with E-state index in [1.807, 2.05) is 24.3 Å². The van der Waals surface area contributed by atoms with Gasteiger partial charge in [0.15, 0.2) is 11.5 Å². The Labute approximate surface area is 183 Å². The predicted molar refractivity (Wildman–Crippen MR) is 115 cm³/mol. The van der Waals surface area contributed by atoms with Crippen LogP contribution in [0.4, 0.5) is 0 Å². The van der Waals surface area contributed by atoms with Gasteiger partial charge in [-0.05, 0) is 17.7 Å². The van der Waals surface area contributed by atoms with E-state index in [-0.39, 0.29) is 18.6 Å². The van der Waals surface area contributed by atoms with Crippen molar-refractivity contribution < 1.29 is 33.0 Å². The van der Waals surface area contributed by atoms with Gasteiger partial charge in [0, 0.05) is 24.5 Å². The Kier molecular flexibility index (Phi) is 5.71. The standard InChI is InChI=1S/C24H30NO6/c1-25(2)9-8-16-11-21-23(31-14-30-21)24(29-5)22(16)19(25)12-17(26)10-15-6-7-18(27-3)13-20(15)28-4/h6-7,11,13,19H,8-10,12,14H2,1-5H3/q+1. The summed E-state index contributed by atoms with van der Waals surface area (Å²) in [5.41, 5.74) is 3.07. The molecule has 166 valence electrons. The Morgan fingerprint density at radius 3 is 2.61 bits per heavy atom. The van der Waals surface area contributed by atoms with Crippen LogP contribution in [0.2, 0.25) is 0 Å². The summed E-state index contributed by atoms with van der Waals surface area (Å²) in [4.78, 5) is 13.2. The normalized spacial score (nSPS) is 18.3. The fourth-order valence-electron chi connectivity index (χ4n) is 4.61. The third kappa shape index (κ3) is 3.90. The fourth-order valence-corrected chi connectivity index (χ4v) is 4.61. The molecule has 2 aromatic rings. The van der Waals surface area contributed by atoms with E-state index in [2.05, 4.69) is 14.1 Å². The highest BCUT2D eigenvalue weighted by molar-refractivity contribution is 5.82. The van der Waals surface area contributed by atoms with E-state index < -0.39 is 0 Å². The molecule has 0 radical (unpaired) electrons. The summed E-state index contributed by atoms with van der Waals surface area (Å²) in [6.07, 6.45) is 1.59. The van der Waals surface area contributed by atoms with Gasteiger partial charge < -0.3 is 28.2 Å². The van der Waals surface area contributed by atoms with Gasteiger partial charge in [0.2, 0.25) is 12.5 Å². The first kappa shape index (κ1) is 21.3. The molecule has 0 aromatic heterocycles. The number of rotatable bonds is 7. The van der Waals surface area contributed by atoms with Crippen molar-refractivity contribution in [2.45, 2.75) is 25.3 Å². The Bertz CT molecular complexity index is 1000. The van der Waals surface area contributed by atoms with E-state index in [1.165, 1.54) is 5.56 Å². The first-order valence-corrected chi connectivity index (χ1v) is 10.4. The summed E-state index contributed by atoms with van der Waals surface area (Å²) in [7, 11) is 9.19. The second-order valence-electron chi connectivity index (χ2n) is 8.58. The minimum absolute atomic E-state index is 0.0371. The average Bonchev–Trinajstić information content (AvgIpc) is 3.23. The summed E-state index contributed by atoms with van der Waals surface area (Å²) in [5.74, 6) is 3.55. The van der Waals surface area contributed by atoms with Gasteiger partial charge in [0.05, 0.1) is 54.0 Å². The van der Waals surface area contributed by atoms with Crippen LogP contribution < -0.4 is 23.7 Å². The number of carbonyl (C=O) groups excluding carboxylic acids is 1. The molecule has 0 fully saturated rings. The lowest BCUT2D eigenvalue weighted by molar-refractivity contribution is -0.922. The minimum Gasteiger partial charge on any atom is -0.497 e. The van der Waals surface area contributed by atoms with Crippen molar-refractivity contribution in [3.63, 3.8) is 0 Å². The maximum atomic E-state index is 13.2. The van der Waals surface area contributed by atoms with E-state index in [9.17, 15) is 4.79 Å². The molecule has 7 nitrogen and oxygen atoms in total. The van der Waals surface area contributed by atoms with Crippen molar-refractivity contribution in [2.24, 2.45) is 0 Å². The molecule has 2 aliphatic rings. The lowest BCUT2D eigenvalue weighted by Gasteiger charge is -2.43. The number of hydrogen-bond acceptors (Lipinski definition) is 6. The maximum Gasteiger partial charge on any atom is 0.231 e. The average molecular weight is 429 g/mol. The van der Waals surface area contributed by atoms with Gasteiger partial charge in [0.1, 0.15) is 23.3 Å². The number of ether oxygens (including phenoxy) is 5. The molecule has 0 bridgehead atoms. The van der Waals surface area contributed by atoms with Crippen LogP contribution in [0.25, 0.3) is 0 Å². The topological polar surface area (TPSA) is 63.2 Å². The van der Waals surface area contributed by atoms with Crippen molar-refractivity contribution in [1.82, 2.24) is 0 Å². The van der Waals surface area contributed by atoms with Crippen molar-refractivity contribution in [3.8, 4) is 28.7 Å². The molecule has 2 heterocycles. The molecule has 2 aromatic carbocycles. The van der Waals surface area contributed by atoms with Crippen LogP contribution in [0.3, 0.4) is 0 Å². The SMILES string of the molecule is COc1ccc(CC(=O)CC2c3c(cc4c(c3OC)OCO4)CC[N+]2(C)C)c(OC)c1. The number of methoxy groups -OCH3 is 3. The molecule has 7 heteroatoms. The highest BCUT2D eigenvalue weighted by atomic mass is 16.7. The quantitative estimate of drug-likeness (QED) is 0.631. The first-order valence-electron chi connectivity index (χ1n) is 10.4. The zero-order chi connectivity index (χ0) is 22.2.